The van der Waals surface area contributed by atoms with Gasteiger partial charge in [-0.15, -0.1) is 0 Å². The van der Waals surface area contributed by atoms with E-state index in [9.17, 15) is 12.8 Å². The molecular weight excluding hydrogens is 405 g/mol. The van der Waals surface area contributed by atoms with Gasteiger partial charge in [0.1, 0.15) is 5.82 Å². The van der Waals surface area contributed by atoms with Crippen molar-refractivity contribution in [1.82, 2.24) is 14.9 Å². The van der Waals surface area contributed by atoms with Crippen LogP contribution in [0.25, 0.3) is 0 Å². The number of sulfonamides is 1. The van der Waals surface area contributed by atoms with Gasteiger partial charge in [-0.25, -0.2) is 22.5 Å². The van der Waals surface area contributed by atoms with Crippen LogP contribution in [-0.4, -0.2) is 59.0 Å². The van der Waals surface area contributed by atoms with Gasteiger partial charge in [-0.3, -0.25) is 0 Å². The maximum atomic E-state index is 14.1. The molecule has 3 rings (SSSR count). The largest absolute Gasteiger partial charge is 0.366 e. The topological polar surface area (TPSA) is 77.0 Å². The van der Waals surface area contributed by atoms with Crippen molar-refractivity contribution in [3.05, 3.63) is 59.9 Å². The average molecular weight is 434 g/mol. The second-order valence-corrected chi connectivity index (χ2v) is 8.84. The Kier molecular flexibility index (Phi) is 7.28. The lowest BCUT2D eigenvalue weighted by molar-refractivity contribution is 0.370. The Balaban J connectivity index is 1.69. The molecule has 2 N–H and O–H groups in total. The Morgan fingerprint density at radius 3 is 2.50 bits per heavy atom. The average Bonchev–Trinajstić information content (AvgIpc) is 2.77. The number of rotatable bonds is 6. The highest BCUT2D eigenvalue weighted by atomic mass is 32.2. The fourth-order valence-corrected chi connectivity index (χ4v) is 4.19. The summed E-state index contributed by atoms with van der Waals surface area (Å²) in [5.41, 5.74) is 1.44. The zero-order chi connectivity index (χ0) is 21.6. The van der Waals surface area contributed by atoms with Gasteiger partial charge in [-0.05, 0) is 43.8 Å². The van der Waals surface area contributed by atoms with E-state index in [1.54, 1.807) is 30.3 Å². The standard InChI is InChI=1S/C21H28FN5O2S/c1-3-24-21(25-16-17-7-6-8-18(15-17)30(28,29)23-2)27-13-11-26(12-14-27)20-10-5-4-9-19(20)22/h4-10,15,23H,3,11-14,16H2,1-2H3,(H,24,25). The minimum Gasteiger partial charge on any atom is -0.366 e. The molecule has 1 aliphatic heterocycles. The summed E-state index contributed by atoms with van der Waals surface area (Å²) in [5, 5.41) is 3.30. The predicted molar refractivity (Wildman–Crippen MR) is 118 cm³/mol. The fourth-order valence-electron chi connectivity index (χ4n) is 3.39. The minimum atomic E-state index is -3.49. The van der Waals surface area contributed by atoms with Crippen molar-refractivity contribution in [1.29, 1.82) is 0 Å². The lowest BCUT2D eigenvalue weighted by atomic mass is 10.2. The van der Waals surface area contributed by atoms with Crippen LogP contribution in [0.2, 0.25) is 0 Å². The highest BCUT2D eigenvalue weighted by Crippen LogP contribution is 2.20. The number of para-hydroxylation sites is 1. The molecule has 1 aliphatic rings. The molecule has 0 amide bonds. The normalized spacial score (nSPS) is 15.4. The summed E-state index contributed by atoms with van der Waals surface area (Å²) >= 11 is 0. The van der Waals surface area contributed by atoms with Crippen molar-refractivity contribution in [3.8, 4) is 0 Å². The van der Waals surface area contributed by atoms with Gasteiger partial charge < -0.3 is 15.1 Å². The van der Waals surface area contributed by atoms with Crippen LogP contribution in [0, 0.1) is 5.82 Å². The second-order valence-electron chi connectivity index (χ2n) is 6.95. The Morgan fingerprint density at radius 2 is 1.83 bits per heavy atom. The van der Waals surface area contributed by atoms with Gasteiger partial charge in [0.05, 0.1) is 17.1 Å². The Labute approximate surface area is 177 Å². The van der Waals surface area contributed by atoms with Gasteiger partial charge in [-0.1, -0.05) is 24.3 Å². The molecule has 0 aliphatic carbocycles. The molecule has 30 heavy (non-hydrogen) atoms. The summed E-state index contributed by atoms with van der Waals surface area (Å²) in [4.78, 5) is 9.11. The summed E-state index contributed by atoms with van der Waals surface area (Å²) < 4.78 is 40.4. The zero-order valence-electron chi connectivity index (χ0n) is 17.3. The van der Waals surface area contributed by atoms with E-state index in [-0.39, 0.29) is 10.7 Å². The quantitative estimate of drug-likeness (QED) is 0.539. The number of hydrogen-bond acceptors (Lipinski definition) is 4. The summed E-state index contributed by atoms with van der Waals surface area (Å²) in [5.74, 6) is 0.565. The molecule has 162 valence electrons. The van der Waals surface area contributed by atoms with Crippen LogP contribution in [0.5, 0.6) is 0 Å². The molecule has 0 spiro atoms. The van der Waals surface area contributed by atoms with Gasteiger partial charge in [0.25, 0.3) is 0 Å². The van der Waals surface area contributed by atoms with Gasteiger partial charge in [-0.2, -0.15) is 0 Å². The van der Waals surface area contributed by atoms with Gasteiger partial charge in [0, 0.05) is 32.7 Å². The molecule has 1 heterocycles. The van der Waals surface area contributed by atoms with E-state index in [2.05, 4.69) is 14.9 Å². The maximum absolute atomic E-state index is 14.1. The molecule has 0 radical (unpaired) electrons. The van der Waals surface area contributed by atoms with E-state index in [1.165, 1.54) is 13.1 Å². The molecule has 0 saturated carbocycles. The Bertz CT molecular complexity index is 988. The van der Waals surface area contributed by atoms with E-state index in [0.717, 1.165) is 18.1 Å². The first kappa shape index (κ1) is 22.0. The number of hydrogen-bond donors (Lipinski definition) is 2. The van der Waals surface area contributed by atoms with Crippen LogP contribution in [-0.2, 0) is 16.6 Å². The summed E-state index contributed by atoms with van der Waals surface area (Å²) in [7, 11) is -2.09. The smallest absolute Gasteiger partial charge is 0.240 e. The molecule has 0 aromatic heterocycles. The first-order valence-electron chi connectivity index (χ1n) is 10.00. The van der Waals surface area contributed by atoms with E-state index < -0.39 is 10.0 Å². The van der Waals surface area contributed by atoms with Crippen LogP contribution in [0.3, 0.4) is 0 Å². The van der Waals surface area contributed by atoms with Crippen molar-refractivity contribution in [2.75, 3.05) is 44.7 Å². The molecule has 9 heteroatoms. The molecule has 0 unspecified atom stereocenters. The third-order valence-corrected chi connectivity index (χ3v) is 6.41. The van der Waals surface area contributed by atoms with Crippen molar-refractivity contribution >= 4 is 21.7 Å². The molecular formula is C21H28FN5O2S. The van der Waals surface area contributed by atoms with Gasteiger partial charge >= 0.3 is 0 Å². The molecule has 1 saturated heterocycles. The lowest BCUT2D eigenvalue weighted by Crippen LogP contribution is -2.52. The van der Waals surface area contributed by atoms with Gasteiger partial charge in [0.15, 0.2) is 5.96 Å². The van der Waals surface area contributed by atoms with Crippen LogP contribution in [0.1, 0.15) is 12.5 Å². The van der Waals surface area contributed by atoms with Crippen LogP contribution >= 0.6 is 0 Å². The molecule has 7 nitrogen and oxygen atoms in total. The summed E-state index contributed by atoms with van der Waals surface area (Å²) in [6.07, 6.45) is 0. The van der Waals surface area contributed by atoms with Crippen molar-refractivity contribution in [3.63, 3.8) is 0 Å². The number of anilines is 1. The van der Waals surface area contributed by atoms with E-state index in [1.807, 2.05) is 24.0 Å². The van der Waals surface area contributed by atoms with Crippen molar-refractivity contribution < 1.29 is 12.8 Å². The van der Waals surface area contributed by atoms with Crippen LogP contribution in [0.4, 0.5) is 10.1 Å². The highest BCUT2D eigenvalue weighted by molar-refractivity contribution is 7.89. The fraction of sp³-hybridized carbons (Fsp3) is 0.381. The zero-order valence-corrected chi connectivity index (χ0v) is 18.1. The number of piperazine rings is 1. The SMILES string of the molecule is CCNC(=NCc1cccc(S(=O)(=O)NC)c1)N1CCN(c2ccccc2F)CC1. The summed E-state index contributed by atoms with van der Waals surface area (Å²) in [6, 6.07) is 13.6. The number of nitrogens with zero attached hydrogens (tertiary/aromatic N) is 3. The number of nitrogens with one attached hydrogen (secondary N) is 2. The van der Waals surface area contributed by atoms with E-state index in [4.69, 9.17) is 4.99 Å². The monoisotopic (exact) mass is 433 g/mol. The molecule has 2 aromatic carbocycles. The Hall–Kier alpha value is -2.65. The molecule has 1 fully saturated rings. The number of aliphatic imine (C=N–C) groups is 1. The molecule has 0 bridgehead atoms. The lowest BCUT2D eigenvalue weighted by Gasteiger charge is -2.37. The first-order chi connectivity index (χ1) is 14.4. The summed E-state index contributed by atoms with van der Waals surface area (Å²) in [6.45, 7) is 5.92. The second kappa shape index (κ2) is 9.90. The number of halogens is 1. The Morgan fingerprint density at radius 1 is 1.10 bits per heavy atom. The van der Waals surface area contributed by atoms with E-state index >= 15 is 0 Å². The van der Waals surface area contributed by atoms with Crippen molar-refractivity contribution in [2.24, 2.45) is 4.99 Å². The maximum Gasteiger partial charge on any atom is 0.240 e. The first-order valence-corrected chi connectivity index (χ1v) is 11.5. The van der Waals surface area contributed by atoms with Crippen LogP contribution < -0.4 is 14.9 Å². The predicted octanol–water partition coefficient (Wildman–Crippen LogP) is 2.02. The van der Waals surface area contributed by atoms with Crippen molar-refractivity contribution in [2.45, 2.75) is 18.4 Å². The van der Waals surface area contributed by atoms with Gasteiger partial charge in [0.2, 0.25) is 10.0 Å². The third-order valence-electron chi connectivity index (χ3n) is 5.00. The van der Waals surface area contributed by atoms with E-state index in [0.29, 0.717) is 38.4 Å². The third kappa shape index (κ3) is 5.28. The molecule has 2 aromatic rings. The number of guanidine groups is 1. The number of benzene rings is 2. The van der Waals surface area contributed by atoms with Crippen LogP contribution in [0.15, 0.2) is 58.4 Å². The highest BCUT2D eigenvalue weighted by Gasteiger charge is 2.21. The molecule has 0 atom stereocenters. The minimum absolute atomic E-state index is 0.206.